The molecule has 1 aliphatic carbocycles. The second-order valence-electron chi connectivity index (χ2n) is 7.48. The van der Waals surface area contributed by atoms with Gasteiger partial charge in [-0.2, -0.15) is 5.10 Å². The van der Waals surface area contributed by atoms with E-state index in [1.54, 1.807) is 0 Å². The molecule has 29 heavy (non-hydrogen) atoms. The molecule has 1 amide bonds. The van der Waals surface area contributed by atoms with Gasteiger partial charge in [-0.25, -0.2) is 4.68 Å². The van der Waals surface area contributed by atoms with Crippen LogP contribution in [0.1, 0.15) is 45.7 Å². The average molecular weight is 411 g/mol. The molecular formula is C23H27ClN4O. The van der Waals surface area contributed by atoms with Crippen molar-refractivity contribution in [3.63, 3.8) is 0 Å². The van der Waals surface area contributed by atoms with Crippen LogP contribution in [0.3, 0.4) is 0 Å². The predicted molar refractivity (Wildman–Crippen MR) is 119 cm³/mol. The molecule has 6 heteroatoms. The van der Waals surface area contributed by atoms with Crippen LogP contribution in [0.4, 0.5) is 5.69 Å². The summed E-state index contributed by atoms with van der Waals surface area (Å²) in [5.41, 5.74) is 12.7. The minimum absolute atomic E-state index is 0. The van der Waals surface area contributed by atoms with Crippen molar-refractivity contribution >= 4 is 24.0 Å². The monoisotopic (exact) mass is 410 g/mol. The van der Waals surface area contributed by atoms with Crippen molar-refractivity contribution in [1.29, 1.82) is 0 Å². The first-order valence-electron chi connectivity index (χ1n) is 9.92. The first-order chi connectivity index (χ1) is 13.6. The molecule has 1 heterocycles. The van der Waals surface area contributed by atoms with Gasteiger partial charge in [0, 0.05) is 23.5 Å². The van der Waals surface area contributed by atoms with Crippen molar-refractivity contribution in [3.05, 3.63) is 76.6 Å². The number of aryl methyl sites for hydroxylation is 1. The molecule has 0 radical (unpaired) electrons. The van der Waals surface area contributed by atoms with Crippen LogP contribution in [-0.4, -0.2) is 22.2 Å². The van der Waals surface area contributed by atoms with Crippen LogP contribution in [0.25, 0.3) is 5.69 Å². The number of hydrogen-bond acceptors (Lipinski definition) is 3. The van der Waals surface area contributed by atoms with Crippen molar-refractivity contribution in [2.75, 3.05) is 12.3 Å². The molecule has 0 spiro atoms. The van der Waals surface area contributed by atoms with Crippen LogP contribution in [0.2, 0.25) is 0 Å². The van der Waals surface area contributed by atoms with Crippen LogP contribution in [-0.2, 0) is 19.3 Å². The molecule has 1 aromatic heterocycles. The predicted octanol–water partition coefficient (Wildman–Crippen LogP) is 4.04. The summed E-state index contributed by atoms with van der Waals surface area (Å²) in [7, 11) is 0. The third kappa shape index (κ3) is 4.62. The molecule has 0 aliphatic heterocycles. The summed E-state index contributed by atoms with van der Waals surface area (Å²) in [6.45, 7) is 2.65. The van der Waals surface area contributed by atoms with Gasteiger partial charge in [0.25, 0.3) is 5.91 Å². The van der Waals surface area contributed by atoms with Crippen LogP contribution >= 0.6 is 12.4 Å². The second kappa shape index (κ2) is 9.14. The molecule has 0 atom stereocenters. The van der Waals surface area contributed by atoms with E-state index in [2.05, 4.69) is 36.5 Å². The van der Waals surface area contributed by atoms with Crippen LogP contribution in [0.5, 0.6) is 0 Å². The highest BCUT2D eigenvalue weighted by Gasteiger charge is 2.25. The zero-order chi connectivity index (χ0) is 19.5. The minimum atomic E-state index is -0.0838. The molecule has 2 aromatic carbocycles. The number of carbonyl (C=O) groups is 1. The quantitative estimate of drug-likeness (QED) is 0.623. The maximum absolute atomic E-state index is 12.9. The molecule has 0 bridgehead atoms. The number of nitrogens with zero attached hydrogens (tertiary/aromatic N) is 2. The summed E-state index contributed by atoms with van der Waals surface area (Å²) in [6.07, 6.45) is 4.91. The van der Waals surface area contributed by atoms with Gasteiger partial charge in [-0.1, -0.05) is 29.8 Å². The normalized spacial score (nSPS) is 12.7. The van der Waals surface area contributed by atoms with E-state index < -0.39 is 0 Å². The number of fused-ring (bicyclic) bond motifs is 1. The maximum atomic E-state index is 12.9. The first-order valence-corrected chi connectivity index (χ1v) is 9.92. The van der Waals surface area contributed by atoms with Crippen molar-refractivity contribution in [2.24, 2.45) is 0 Å². The molecule has 5 nitrogen and oxygen atoms in total. The van der Waals surface area contributed by atoms with Crippen molar-refractivity contribution in [3.8, 4) is 5.69 Å². The molecule has 4 rings (SSSR count). The molecule has 1 aliphatic rings. The third-order valence-corrected chi connectivity index (χ3v) is 5.35. The van der Waals surface area contributed by atoms with Gasteiger partial charge in [0.1, 0.15) is 0 Å². The molecule has 3 N–H and O–H groups in total. The minimum Gasteiger partial charge on any atom is -0.399 e. The van der Waals surface area contributed by atoms with Gasteiger partial charge in [0.05, 0.1) is 5.69 Å². The highest BCUT2D eigenvalue weighted by atomic mass is 35.5. The molecule has 0 fully saturated rings. The van der Waals surface area contributed by atoms with E-state index in [0.29, 0.717) is 12.2 Å². The van der Waals surface area contributed by atoms with Gasteiger partial charge in [-0.15, -0.1) is 12.4 Å². The summed E-state index contributed by atoms with van der Waals surface area (Å²) in [6, 6.07) is 16.1. The Morgan fingerprint density at radius 1 is 1.07 bits per heavy atom. The van der Waals surface area contributed by atoms with E-state index in [1.165, 1.54) is 11.3 Å². The Hall–Kier alpha value is -2.79. The van der Waals surface area contributed by atoms with Gasteiger partial charge in [0.2, 0.25) is 0 Å². The Morgan fingerprint density at radius 2 is 1.76 bits per heavy atom. The van der Waals surface area contributed by atoms with Crippen LogP contribution in [0.15, 0.2) is 48.5 Å². The number of amides is 1. The SMILES string of the molecule is Cc1ccc(-n2nc(C(=O)NCCc3ccc(N)cc3)c3c2CCCC3)cc1.Cl. The van der Waals surface area contributed by atoms with Crippen LogP contribution < -0.4 is 11.1 Å². The highest BCUT2D eigenvalue weighted by molar-refractivity contribution is 5.94. The molecule has 3 aromatic rings. The highest BCUT2D eigenvalue weighted by Crippen LogP contribution is 2.27. The lowest BCUT2D eigenvalue weighted by Gasteiger charge is -2.14. The number of halogens is 1. The Balaban J connectivity index is 0.00000240. The largest absolute Gasteiger partial charge is 0.399 e. The summed E-state index contributed by atoms with van der Waals surface area (Å²) in [4.78, 5) is 12.9. The lowest BCUT2D eigenvalue weighted by Crippen LogP contribution is -2.27. The van der Waals surface area contributed by atoms with Gasteiger partial charge in [-0.05, 0) is 68.9 Å². The van der Waals surface area contributed by atoms with E-state index in [4.69, 9.17) is 10.8 Å². The number of anilines is 1. The van der Waals surface area contributed by atoms with Gasteiger partial charge in [-0.3, -0.25) is 4.79 Å². The molecule has 0 saturated heterocycles. The number of rotatable bonds is 5. The fourth-order valence-electron chi connectivity index (χ4n) is 3.77. The van der Waals surface area contributed by atoms with E-state index in [9.17, 15) is 4.79 Å². The molecule has 0 unspecified atom stereocenters. The number of hydrogen-bond donors (Lipinski definition) is 2. The summed E-state index contributed by atoms with van der Waals surface area (Å²) < 4.78 is 1.96. The Bertz CT molecular complexity index is 977. The summed E-state index contributed by atoms with van der Waals surface area (Å²) in [5, 5.41) is 7.76. The van der Waals surface area contributed by atoms with Gasteiger partial charge < -0.3 is 11.1 Å². The molecule has 152 valence electrons. The third-order valence-electron chi connectivity index (χ3n) is 5.35. The Morgan fingerprint density at radius 3 is 2.48 bits per heavy atom. The fraction of sp³-hybridized carbons (Fsp3) is 0.304. The zero-order valence-electron chi connectivity index (χ0n) is 16.6. The molecular weight excluding hydrogens is 384 g/mol. The van der Waals surface area contributed by atoms with Crippen molar-refractivity contribution in [2.45, 2.75) is 39.0 Å². The summed E-state index contributed by atoms with van der Waals surface area (Å²) >= 11 is 0. The Kier molecular flexibility index (Phi) is 6.60. The number of nitrogens with one attached hydrogen (secondary N) is 1. The van der Waals surface area contributed by atoms with E-state index >= 15 is 0 Å². The van der Waals surface area contributed by atoms with Gasteiger partial charge in [0.15, 0.2) is 5.69 Å². The smallest absolute Gasteiger partial charge is 0.272 e. The van der Waals surface area contributed by atoms with E-state index in [1.807, 2.05) is 28.9 Å². The standard InChI is InChI=1S/C23H26N4O.ClH/c1-16-6-12-19(13-7-16)27-21-5-3-2-4-20(21)22(26-27)23(28)25-15-14-17-8-10-18(24)11-9-17;/h6-13H,2-5,14-15,24H2,1H3,(H,25,28);1H. The zero-order valence-corrected chi connectivity index (χ0v) is 17.5. The lowest BCUT2D eigenvalue weighted by atomic mass is 9.95. The number of benzene rings is 2. The topological polar surface area (TPSA) is 72.9 Å². The Labute approximate surface area is 177 Å². The maximum Gasteiger partial charge on any atom is 0.272 e. The number of nitrogen functional groups attached to an aromatic ring is 1. The van der Waals surface area contributed by atoms with E-state index in [-0.39, 0.29) is 18.3 Å². The lowest BCUT2D eigenvalue weighted by molar-refractivity contribution is 0.0947. The van der Waals surface area contributed by atoms with Crippen molar-refractivity contribution in [1.82, 2.24) is 15.1 Å². The van der Waals surface area contributed by atoms with Crippen molar-refractivity contribution < 1.29 is 4.79 Å². The first kappa shape index (κ1) is 20.9. The van der Waals surface area contributed by atoms with Crippen LogP contribution in [0, 0.1) is 6.92 Å². The number of aromatic nitrogens is 2. The number of nitrogens with two attached hydrogens (primary N) is 1. The fourth-order valence-corrected chi connectivity index (χ4v) is 3.77. The molecule has 0 saturated carbocycles. The summed E-state index contributed by atoms with van der Waals surface area (Å²) in [5.74, 6) is -0.0838. The second-order valence-corrected chi connectivity index (χ2v) is 7.48. The average Bonchev–Trinajstić information content (AvgIpc) is 3.10. The van der Waals surface area contributed by atoms with Gasteiger partial charge >= 0.3 is 0 Å². The van der Waals surface area contributed by atoms with E-state index in [0.717, 1.165) is 54.6 Å². The number of carbonyl (C=O) groups excluding carboxylic acids is 1.